The van der Waals surface area contributed by atoms with E-state index in [1.807, 2.05) is 18.2 Å². The van der Waals surface area contributed by atoms with Gasteiger partial charge in [0.15, 0.2) is 11.5 Å². The highest BCUT2D eigenvalue weighted by molar-refractivity contribution is 5.96. The molecule has 4 heterocycles. The summed E-state index contributed by atoms with van der Waals surface area (Å²) in [5.74, 6) is 2.84. The van der Waals surface area contributed by atoms with Crippen LogP contribution < -0.4 is 19.7 Å². The first-order valence-electron chi connectivity index (χ1n) is 10.0. The molecule has 1 aromatic heterocycles. The Bertz CT molecular complexity index is 954. The molecular weight excluding hydrogens is 372 g/mol. The predicted molar refractivity (Wildman–Crippen MR) is 106 cm³/mol. The number of anilines is 1. The molecule has 3 aliphatic rings. The summed E-state index contributed by atoms with van der Waals surface area (Å²) in [6.45, 7) is 6.48. The van der Waals surface area contributed by atoms with Gasteiger partial charge in [0.25, 0.3) is 5.91 Å². The van der Waals surface area contributed by atoms with Crippen LogP contribution in [0.5, 0.6) is 11.5 Å². The van der Waals surface area contributed by atoms with Crippen LogP contribution in [0, 0.1) is 0 Å². The highest BCUT2D eigenvalue weighted by atomic mass is 16.7. The van der Waals surface area contributed by atoms with Crippen LogP contribution in [0.15, 0.2) is 18.2 Å². The predicted octanol–water partition coefficient (Wildman–Crippen LogP) is 1.70. The van der Waals surface area contributed by atoms with Gasteiger partial charge in [-0.2, -0.15) is 0 Å². The number of aromatic nitrogens is 2. The van der Waals surface area contributed by atoms with Crippen LogP contribution in [0.2, 0.25) is 0 Å². The molecule has 1 fully saturated rings. The van der Waals surface area contributed by atoms with Crippen LogP contribution in [-0.2, 0) is 17.6 Å². The number of amides is 1. The van der Waals surface area contributed by atoms with E-state index in [-0.39, 0.29) is 24.9 Å². The lowest BCUT2D eigenvalue weighted by Gasteiger charge is -2.37. The van der Waals surface area contributed by atoms with Gasteiger partial charge < -0.3 is 24.4 Å². The molecule has 5 rings (SSSR count). The number of nitrogens with zero attached hydrogens (tertiary/aromatic N) is 3. The third kappa shape index (κ3) is 3.48. The smallest absolute Gasteiger partial charge is 0.270 e. The Morgan fingerprint density at radius 2 is 1.93 bits per heavy atom. The van der Waals surface area contributed by atoms with Gasteiger partial charge >= 0.3 is 0 Å². The number of carbonyl (C=O) groups excluding carboxylic acids is 1. The minimum atomic E-state index is -0.129. The van der Waals surface area contributed by atoms with Gasteiger partial charge in [-0.1, -0.05) is 6.07 Å². The summed E-state index contributed by atoms with van der Waals surface area (Å²) in [7, 11) is 0. The van der Waals surface area contributed by atoms with Gasteiger partial charge in [-0.05, 0) is 38.0 Å². The zero-order valence-corrected chi connectivity index (χ0v) is 16.6. The molecule has 0 aliphatic carbocycles. The van der Waals surface area contributed by atoms with Gasteiger partial charge in [-0.3, -0.25) is 4.79 Å². The fraction of sp³-hybridized carbons (Fsp3) is 0.476. The van der Waals surface area contributed by atoms with Crippen LogP contribution in [-0.4, -0.2) is 54.5 Å². The van der Waals surface area contributed by atoms with Crippen LogP contribution in [0.1, 0.15) is 41.3 Å². The van der Waals surface area contributed by atoms with E-state index in [1.165, 1.54) is 0 Å². The molecule has 0 spiro atoms. The fourth-order valence-electron chi connectivity index (χ4n) is 4.24. The van der Waals surface area contributed by atoms with Gasteiger partial charge in [0, 0.05) is 31.6 Å². The van der Waals surface area contributed by atoms with Crippen molar-refractivity contribution in [2.75, 3.05) is 31.3 Å². The Morgan fingerprint density at radius 3 is 2.76 bits per heavy atom. The summed E-state index contributed by atoms with van der Waals surface area (Å²) < 4.78 is 16.7. The molecule has 2 aromatic rings. The Morgan fingerprint density at radius 1 is 1.14 bits per heavy atom. The monoisotopic (exact) mass is 396 g/mol. The second-order valence-electron chi connectivity index (χ2n) is 7.82. The summed E-state index contributed by atoms with van der Waals surface area (Å²) in [5, 5.41) is 2.90. The van der Waals surface area contributed by atoms with E-state index in [0.29, 0.717) is 24.5 Å². The minimum absolute atomic E-state index is 0.110. The lowest BCUT2D eigenvalue weighted by atomic mass is 10.0. The maximum atomic E-state index is 12.5. The summed E-state index contributed by atoms with van der Waals surface area (Å²) in [6, 6.07) is 5.83. The second kappa shape index (κ2) is 7.18. The minimum Gasteiger partial charge on any atom is -0.454 e. The largest absolute Gasteiger partial charge is 0.454 e. The molecule has 2 atom stereocenters. The Hall–Kier alpha value is -2.87. The summed E-state index contributed by atoms with van der Waals surface area (Å²) in [5.41, 5.74) is 2.44. The number of benzene rings is 1. The van der Waals surface area contributed by atoms with Gasteiger partial charge in [-0.25, -0.2) is 9.97 Å². The lowest BCUT2D eigenvalue weighted by Crippen LogP contribution is -2.47. The zero-order valence-electron chi connectivity index (χ0n) is 16.6. The third-order valence-corrected chi connectivity index (χ3v) is 5.43. The third-order valence-electron chi connectivity index (χ3n) is 5.43. The molecule has 29 heavy (non-hydrogen) atoms. The van der Waals surface area contributed by atoms with Gasteiger partial charge in [-0.15, -0.1) is 0 Å². The van der Waals surface area contributed by atoms with E-state index in [2.05, 4.69) is 29.0 Å². The number of hydrogen-bond donors (Lipinski definition) is 1. The molecule has 0 radical (unpaired) electrons. The van der Waals surface area contributed by atoms with Crippen molar-refractivity contribution in [2.24, 2.45) is 0 Å². The average Bonchev–Trinajstić information content (AvgIpc) is 3.15. The number of morpholine rings is 1. The summed E-state index contributed by atoms with van der Waals surface area (Å²) >= 11 is 0. The molecule has 1 aromatic carbocycles. The van der Waals surface area contributed by atoms with Gasteiger partial charge in [0.05, 0.1) is 12.2 Å². The van der Waals surface area contributed by atoms with Crippen LogP contribution in [0.25, 0.3) is 0 Å². The first kappa shape index (κ1) is 18.2. The molecule has 0 saturated carbocycles. The molecule has 1 N–H and O–H groups in total. The van der Waals surface area contributed by atoms with E-state index < -0.39 is 0 Å². The van der Waals surface area contributed by atoms with Crippen molar-refractivity contribution in [3.05, 3.63) is 40.8 Å². The highest BCUT2D eigenvalue weighted by Crippen LogP contribution is 2.33. The maximum Gasteiger partial charge on any atom is 0.270 e. The Labute approximate surface area is 169 Å². The van der Waals surface area contributed by atoms with Crippen molar-refractivity contribution in [3.8, 4) is 11.5 Å². The molecule has 8 heteroatoms. The summed E-state index contributed by atoms with van der Waals surface area (Å²) in [4.78, 5) is 24.3. The lowest BCUT2D eigenvalue weighted by molar-refractivity contribution is -0.00553. The SMILES string of the molecule is C[C@@H]1CN(c2nc(Cc3ccc4c(c3)OCO4)nc3c2CCNC3=O)C[C@H](C)O1. The first-order chi connectivity index (χ1) is 14.1. The standard InChI is InChI=1S/C21H24N4O4/c1-12-9-25(10-13(2)29-12)20-15-5-6-22-21(26)19(15)23-18(24-20)8-14-3-4-16-17(7-14)28-11-27-16/h3-4,7,12-13H,5-6,8-11H2,1-2H3,(H,22,26)/t12-,13+. The van der Waals surface area contributed by atoms with Crippen LogP contribution in [0.3, 0.4) is 0 Å². The van der Waals surface area contributed by atoms with E-state index >= 15 is 0 Å². The second-order valence-corrected chi connectivity index (χ2v) is 7.82. The molecule has 1 amide bonds. The number of ether oxygens (including phenoxy) is 3. The van der Waals surface area contributed by atoms with Crippen LogP contribution in [0.4, 0.5) is 5.82 Å². The van der Waals surface area contributed by atoms with Crippen molar-refractivity contribution in [1.29, 1.82) is 0 Å². The molecule has 0 bridgehead atoms. The number of nitrogens with one attached hydrogen (secondary N) is 1. The van der Waals surface area contributed by atoms with Gasteiger partial charge in [0.2, 0.25) is 6.79 Å². The van der Waals surface area contributed by atoms with E-state index in [1.54, 1.807) is 0 Å². The molecule has 3 aliphatic heterocycles. The van der Waals surface area contributed by atoms with E-state index in [9.17, 15) is 4.79 Å². The van der Waals surface area contributed by atoms with E-state index in [0.717, 1.165) is 48.0 Å². The van der Waals surface area contributed by atoms with Crippen molar-refractivity contribution >= 4 is 11.7 Å². The maximum absolute atomic E-state index is 12.5. The van der Waals surface area contributed by atoms with E-state index in [4.69, 9.17) is 19.2 Å². The number of rotatable bonds is 3. The average molecular weight is 396 g/mol. The molecule has 8 nitrogen and oxygen atoms in total. The van der Waals surface area contributed by atoms with Gasteiger partial charge in [0.1, 0.15) is 17.3 Å². The number of hydrogen-bond acceptors (Lipinski definition) is 7. The zero-order chi connectivity index (χ0) is 20.0. The van der Waals surface area contributed by atoms with Crippen molar-refractivity contribution in [1.82, 2.24) is 15.3 Å². The Balaban J connectivity index is 1.52. The molecule has 1 saturated heterocycles. The summed E-state index contributed by atoms with van der Waals surface area (Å²) in [6.07, 6.45) is 1.47. The molecular formula is C21H24N4O4. The van der Waals surface area contributed by atoms with Crippen molar-refractivity contribution in [2.45, 2.75) is 38.9 Å². The van der Waals surface area contributed by atoms with Crippen molar-refractivity contribution < 1.29 is 19.0 Å². The number of carbonyl (C=O) groups is 1. The topological polar surface area (TPSA) is 85.8 Å². The molecule has 152 valence electrons. The number of fused-ring (bicyclic) bond motifs is 2. The highest BCUT2D eigenvalue weighted by Gasteiger charge is 2.30. The van der Waals surface area contributed by atoms with Crippen molar-refractivity contribution in [3.63, 3.8) is 0 Å². The first-order valence-corrected chi connectivity index (χ1v) is 10.0. The normalized spacial score (nSPS) is 23.0. The quantitative estimate of drug-likeness (QED) is 0.845. The molecule has 0 unspecified atom stereocenters. The van der Waals surface area contributed by atoms with Crippen LogP contribution >= 0.6 is 0 Å². The Kier molecular flexibility index (Phi) is 4.50. The fourth-order valence-corrected chi connectivity index (χ4v) is 4.24.